The third kappa shape index (κ3) is 2.46. The molecule has 0 aliphatic carbocycles. The minimum atomic E-state index is 0.424. The Morgan fingerprint density at radius 3 is 2.33 bits per heavy atom. The molecule has 1 heterocycles. The molecule has 21 heavy (non-hydrogen) atoms. The summed E-state index contributed by atoms with van der Waals surface area (Å²) in [6.45, 7) is 4.34. The van der Waals surface area contributed by atoms with Crippen LogP contribution in [-0.2, 0) is 0 Å². The van der Waals surface area contributed by atoms with Gasteiger partial charge in [0.25, 0.3) is 0 Å². The molecule has 0 spiro atoms. The fourth-order valence-electron chi connectivity index (χ4n) is 3.17. The number of hydrazine groups is 1. The summed E-state index contributed by atoms with van der Waals surface area (Å²) in [5.74, 6) is 0. The summed E-state index contributed by atoms with van der Waals surface area (Å²) in [6.07, 6.45) is 1.06. The van der Waals surface area contributed by atoms with Crippen molar-refractivity contribution in [3.63, 3.8) is 0 Å². The number of nitrogens with zero attached hydrogens (tertiary/aromatic N) is 2. The van der Waals surface area contributed by atoms with Crippen LogP contribution in [0.5, 0.6) is 0 Å². The molecule has 0 fully saturated rings. The molecule has 108 valence electrons. The van der Waals surface area contributed by atoms with Gasteiger partial charge in [0, 0.05) is 5.56 Å². The van der Waals surface area contributed by atoms with Crippen molar-refractivity contribution >= 4 is 5.71 Å². The summed E-state index contributed by atoms with van der Waals surface area (Å²) in [6, 6.07) is 18.0. The first-order chi connectivity index (χ1) is 10.1. The van der Waals surface area contributed by atoms with Crippen molar-refractivity contribution in [2.75, 3.05) is 14.1 Å². The normalized spacial score (nSPS) is 18.5. The second-order valence-electron chi connectivity index (χ2n) is 5.99. The molecule has 0 saturated carbocycles. The van der Waals surface area contributed by atoms with Gasteiger partial charge in [0.05, 0.1) is 13.5 Å². The summed E-state index contributed by atoms with van der Waals surface area (Å²) in [5.41, 5.74) is 6.82. The highest BCUT2D eigenvalue weighted by Crippen LogP contribution is 2.32. The van der Waals surface area contributed by atoms with Crippen LogP contribution in [0, 0.1) is 13.8 Å². The van der Waals surface area contributed by atoms with E-state index in [9.17, 15) is 0 Å². The maximum atomic E-state index is 2.34. The van der Waals surface area contributed by atoms with Crippen LogP contribution < -0.4 is 0 Å². The molecule has 1 aliphatic rings. The third-order valence-corrected chi connectivity index (χ3v) is 4.63. The molecule has 0 amide bonds. The predicted octanol–water partition coefficient (Wildman–Crippen LogP) is 3.73. The van der Waals surface area contributed by atoms with E-state index in [0.29, 0.717) is 6.04 Å². The number of hydrazone groups is 1. The van der Waals surface area contributed by atoms with E-state index in [1.807, 2.05) is 0 Å². The highest BCUT2D eigenvalue weighted by atomic mass is 15.6. The monoisotopic (exact) mass is 279 g/mol. The Morgan fingerprint density at radius 2 is 1.67 bits per heavy atom. The minimum Gasteiger partial charge on any atom is -0.181 e. The van der Waals surface area contributed by atoms with Gasteiger partial charge in [0.1, 0.15) is 6.04 Å². The van der Waals surface area contributed by atoms with Crippen molar-refractivity contribution in [2.24, 2.45) is 0 Å². The zero-order valence-corrected chi connectivity index (χ0v) is 13.3. The van der Waals surface area contributed by atoms with Gasteiger partial charge in [-0.05, 0) is 37.1 Å². The van der Waals surface area contributed by atoms with Gasteiger partial charge in [0.2, 0.25) is 5.71 Å². The summed E-state index contributed by atoms with van der Waals surface area (Å²) >= 11 is 0. The van der Waals surface area contributed by atoms with Crippen molar-refractivity contribution in [3.05, 3.63) is 70.8 Å². The molecular weight excluding hydrogens is 256 g/mol. The molecule has 2 aromatic rings. The zero-order valence-electron chi connectivity index (χ0n) is 13.3. The number of benzene rings is 2. The van der Waals surface area contributed by atoms with Crippen LogP contribution in [0.15, 0.2) is 48.5 Å². The van der Waals surface area contributed by atoms with E-state index in [4.69, 9.17) is 0 Å². The molecular formula is C19H23N2+. The van der Waals surface area contributed by atoms with Gasteiger partial charge >= 0.3 is 0 Å². The maximum absolute atomic E-state index is 2.34. The first-order valence-corrected chi connectivity index (χ1v) is 7.53. The molecule has 2 heteroatoms. The third-order valence-electron chi connectivity index (χ3n) is 4.63. The largest absolute Gasteiger partial charge is 0.215 e. The summed E-state index contributed by atoms with van der Waals surface area (Å²) < 4.78 is 2.29. The molecule has 0 bridgehead atoms. The van der Waals surface area contributed by atoms with Gasteiger partial charge < -0.3 is 0 Å². The standard InChI is InChI=1S/C19H23N2/c1-14-9-11-16(12-10-14)18-13-19(21(4)20(18)3)17-8-6-5-7-15(17)2/h5-12,19H,13H2,1-4H3/q+1. The van der Waals surface area contributed by atoms with Crippen LogP contribution in [0.4, 0.5) is 0 Å². The highest BCUT2D eigenvalue weighted by molar-refractivity contribution is 5.97. The quantitative estimate of drug-likeness (QED) is 0.759. The minimum absolute atomic E-state index is 0.424. The lowest BCUT2D eigenvalue weighted by molar-refractivity contribution is -0.660. The summed E-state index contributed by atoms with van der Waals surface area (Å²) in [5, 5.41) is 2.34. The lowest BCUT2D eigenvalue weighted by atomic mass is 9.95. The molecule has 0 aromatic heterocycles. The number of rotatable bonds is 2. The van der Waals surface area contributed by atoms with E-state index in [2.05, 4.69) is 86.2 Å². The van der Waals surface area contributed by atoms with E-state index >= 15 is 0 Å². The number of hydrogen-bond acceptors (Lipinski definition) is 1. The SMILES string of the molecule is Cc1ccc(C2=[N+](C)N(C)C(c3ccccc3C)C2)cc1. The van der Waals surface area contributed by atoms with Crippen LogP contribution in [0.25, 0.3) is 0 Å². The number of hydrogen-bond donors (Lipinski definition) is 0. The first-order valence-electron chi connectivity index (χ1n) is 7.53. The van der Waals surface area contributed by atoms with Crippen LogP contribution in [0.1, 0.15) is 34.7 Å². The van der Waals surface area contributed by atoms with Gasteiger partial charge in [-0.2, -0.15) is 5.01 Å². The average Bonchev–Trinajstić information content (AvgIpc) is 2.77. The van der Waals surface area contributed by atoms with Gasteiger partial charge in [-0.1, -0.05) is 42.0 Å². The fraction of sp³-hybridized carbons (Fsp3) is 0.316. The van der Waals surface area contributed by atoms with Crippen molar-refractivity contribution in [1.82, 2.24) is 5.01 Å². The van der Waals surface area contributed by atoms with E-state index in [1.54, 1.807) is 0 Å². The molecule has 1 atom stereocenters. The molecule has 2 nitrogen and oxygen atoms in total. The van der Waals surface area contributed by atoms with Crippen LogP contribution in [-0.4, -0.2) is 29.5 Å². The summed E-state index contributed by atoms with van der Waals surface area (Å²) in [7, 11) is 4.34. The molecule has 3 rings (SSSR count). The van der Waals surface area contributed by atoms with Gasteiger partial charge in [0.15, 0.2) is 7.05 Å². The molecule has 1 unspecified atom stereocenters. The number of aryl methyl sites for hydroxylation is 2. The molecule has 2 aromatic carbocycles. The summed E-state index contributed by atoms with van der Waals surface area (Å²) in [4.78, 5) is 0. The molecule has 0 radical (unpaired) electrons. The van der Waals surface area contributed by atoms with Crippen molar-refractivity contribution < 1.29 is 4.68 Å². The molecule has 0 N–H and O–H groups in total. The lowest BCUT2D eigenvalue weighted by Crippen LogP contribution is -2.27. The highest BCUT2D eigenvalue weighted by Gasteiger charge is 2.36. The maximum Gasteiger partial charge on any atom is 0.215 e. The Balaban J connectivity index is 1.95. The zero-order chi connectivity index (χ0) is 15.0. The Labute approximate surface area is 127 Å². The van der Waals surface area contributed by atoms with Crippen LogP contribution >= 0.6 is 0 Å². The van der Waals surface area contributed by atoms with E-state index < -0.39 is 0 Å². The van der Waals surface area contributed by atoms with Gasteiger partial charge in [-0.15, -0.1) is 4.68 Å². The molecule has 0 saturated heterocycles. The second kappa shape index (κ2) is 5.36. The van der Waals surface area contributed by atoms with E-state index in [-0.39, 0.29) is 0 Å². The second-order valence-corrected chi connectivity index (χ2v) is 5.99. The Morgan fingerprint density at radius 1 is 1.00 bits per heavy atom. The van der Waals surface area contributed by atoms with Crippen LogP contribution in [0.2, 0.25) is 0 Å². The van der Waals surface area contributed by atoms with E-state index in [1.165, 1.54) is 28.0 Å². The van der Waals surface area contributed by atoms with Crippen molar-refractivity contribution in [1.29, 1.82) is 0 Å². The topological polar surface area (TPSA) is 6.25 Å². The molecule has 1 aliphatic heterocycles. The van der Waals surface area contributed by atoms with Crippen LogP contribution in [0.3, 0.4) is 0 Å². The van der Waals surface area contributed by atoms with Crippen molar-refractivity contribution in [3.8, 4) is 0 Å². The lowest BCUT2D eigenvalue weighted by Gasteiger charge is -2.19. The van der Waals surface area contributed by atoms with Gasteiger partial charge in [-0.25, -0.2) is 0 Å². The van der Waals surface area contributed by atoms with Gasteiger partial charge in [-0.3, -0.25) is 0 Å². The van der Waals surface area contributed by atoms with Crippen molar-refractivity contribution in [2.45, 2.75) is 26.3 Å². The Hall–Kier alpha value is -2.09. The Bertz CT molecular complexity index is 683. The first kappa shape index (κ1) is 13.9. The predicted molar refractivity (Wildman–Crippen MR) is 87.8 cm³/mol. The fourth-order valence-corrected chi connectivity index (χ4v) is 3.17. The average molecular weight is 279 g/mol. The Kier molecular flexibility index (Phi) is 3.54. The smallest absolute Gasteiger partial charge is 0.181 e. The van der Waals surface area contributed by atoms with E-state index in [0.717, 1.165) is 6.42 Å².